The van der Waals surface area contributed by atoms with Crippen LogP contribution in [0.25, 0.3) is 82.7 Å². The standard InChI is InChI=1S/C43H30O/c1-3-4-13-35-28(2)44-41-25-24-33(27-40(35)41)30-18-21-31(22-19-30)42-36-14-7-9-16-38(36)43(39-17-10-8-15-37(39)42)34-23-20-29-11-5-6-12-32(29)26-34/h3-27H,1H2,2H3/b13-4-. The molecule has 0 unspecified atom stereocenters. The first kappa shape index (κ1) is 26.0. The maximum Gasteiger partial charge on any atom is 0.134 e. The SMILES string of the molecule is C=C/C=C\c1c(C)oc2ccc(-c3ccc(-c4c5ccccc5c(-c5ccc6ccccc6c5)c5ccccc45)cc3)cc12. The van der Waals surface area contributed by atoms with Crippen molar-refractivity contribution in [1.29, 1.82) is 0 Å². The van der Waals surface area contributed by atoms with Gasteiger partial charge in [0.2, 0.25) is 0 Å². The van der Waals surface area contributed by atoms with Gasteiger partial charge in [0, 0.05) is 10.9 Å². The molecule has 0 aliphatic rings. The predicted molar refractivity (Wildman–Crippen MR) is 189 cm³/mol. The summed E-state index contributed by atoms with van der Waals surface area (Å²) in [6.45, 7) is 5.83. The van der Waals surface area contributed by atoms with Crippen LogP contribution in [0, 0.1) is 6.92 Å². The summed E-state index contributed by atoms with van der Waals surface area (Å²) in [5, 5.41) is 8.68. The summed E-state index contributed by atoms with van der Waals surface area (Å²) in [6.07, 6.45) is 5.82. The van der Waals surface area contributed by atoms with E-state index in [-0.39, 0.29) is 0 Å². The first-order valence-corrected chi connectivity index (χ1v) is 15.1. The Hall–Kier alpha value is -5.66. The smallest absolute Gasteiger partial charge is 0.134 e. The highest BCUT2D eigenvalue weighted by molar-refractivity contribution is 6.21. The monoisotopic (exact) mass is 562 g/mol. The number of benzene rings is 7. The molecule has 0 atom stereocenters. The second-order valence-corrected chi connectivity index (χ2v) is 11.4. The van der Waals surface area contributed by atoms with Gasteiger partial charge in [-0.3, -0.25) is 0 Å². The van der Waals surface area contributed by atoms with Crippen LogP contribution < -0.4 is 0 Å². The maximum atomic E-state index is 6.02. The van der Waals surface area contributed by atoms with E-state index in [9.17, 15) is 0 Å². The van der Waals surface area contributed by atoms with E-state index < -0.39 is 0 Å². The molecule has 0 aliphatic carbocycles. The average molecular weight is 563 g/mol. The molecule has 1 aromatic heterocycles. The van der Waals surface area contributed by atoms with Crippen molar-refractivity contribution in [1.82, 2.24) is 0 Å². The average Bonchev–Trinajstić information content (AvgIpc) is 3.39. The van der Waals surface area contributed by atoms with E-state index in [1.807, 2.05) is 13.0 Å². The fourth-order valence-electron chi connectivity index (χ4n) is 6.71. The number of hydrogen-bond donors (Lipinski definition) is 0. The molecule has 0 radical (unpaired) electrons. The van der Waals surface area contributed by atoms with Crippen LogP contribution in [0.4, 0.5) is 0 Å². The molecule has 0 bridgehead atoms. The van der Waals surface area contributed by atoms with Crippen molar-refractivity contribution in [2.24, 2.45) is 0 Å². The molecule has 1 heteroatoms. The minimum Gasteiger partial charge on any atom is -0.461 e. The molecule has 1 heterocycles. The number of furan rings is 1. The highest BCUT2D eigenvalue weighted by Crippen LogP contribution is 2.44. The lowest BCUT2D eigenvalue weighted by molar-refractivity contribution is 0.577. The van der Waals surface area contributed by atoms with Crippen molar-refractivity contribution in [3.05, 3.63) is 164 Å². The lowest BCUT2D eigenvalue weighted by atomic mass is 9.85. The summed E-state index contributed by atoms with van der Waals surface area (Å²) in [5.41, 5.74) is 9.34. The highest BCUT2D eigenvalue weighted by atomic mass is 16.3. The summed E-state index contributed by atoms with van der Waals surface area (Å²) in [6, 6.07) is 48.6. The summed E-state index contributed by atoms with van der Waals surface area (Å²) >= 11 is 0. The second kappa shape index (κ2) is 10.6. The van der Waals surface area contributed by atoms with Crippen LogP contribution in [-0.2, 0) is 0 Å². The van der Waals surface area contributed by atoms with Crippen LogP contribution in [0.1, 0.15) is 11.3 Å². The molecule has 0 fully saturated rings. The molecule has 0 N–H and O–H groups in total. The van der Waals surface area contributed by atoms with Gasteiger partial charge in [0.1, 0.15) is 11.3 Å². The fraction of sp³-hybridized carbons (Fsp3) is 0.0233. The minimum atomic E-state index is 0.899. The van der Waals surface area contributed by atoms with Crippen molar-refractivity contribution >= 4 is 49.4 Å². The van der Waals surface area contributed by atoms with E-state index in [2.05, 4.69) is 146 Å². The second-order valence-electron chi connectivity index (χ2n) is 11.4. The third kappa shape index (κ3) is 4.25. The number of allylic oxidation sites excluding steroid dienone is 2. The van der Waals surface area contributed by atoms with Gasteiger partial charge in [-0.2, -0.15) is 0 Å². The molecule has 1 nitrogen and oxygen atoms in total. The van der Waals surface area contributed by atoms with E-state index in [0.717, 1.165) is 22.3 Å². The van der Waals surface area contributed by atoms with Gasteiger partial charge in [-0.05, 0) is 90.8 Å². The Kier molecular flexibility index (Phi) is 6.24. The number of fused-ring (bicyclic) bond motifs is 4. The molecule has 44 heavy (non-hydrogen) atoms. The Morgan fingerprint density at radius 2 is 1.05 bits per heavy atom. The fourth-order valence-corrected chi connectivity index (χ4v) is 6.71. The van der Waals surface area contributed by atoms with Crippen molar-refractivity contribution in [2.45, 2.75) is 6.92 Å². The van der Waals surface area contributed by atoms with E-state index in [4.69, 9.17) is 4.42 Å². The lowest BCUT2D eigenvalue weighted by Gasteiger charge is -2.18. The lowest BCUT2D eigenvalue weighted by Crippen LogP contribution is -1.91. The van der Waals surface area contributed by atoms with E-state index in [1.54, 1.807) is 6.08 Å². The first-order chi connectivity index (χ1) is 21.7. The van der Waals surface area contributed by atoms with Crippen molar-refractivity contribution in [3.8, 4) is 33.4 Å². The van der Waals surface area contributed by atoms with E-state index in [1.165, 1.54) is 65.7 Å². The minimum absolute atomic E-state index is 0.899. The Morgan fingerprint density at radius 1 is 0.500 bits per heavy atom. The van der Waals surface area contributed by atoms with Crippen LogP contribution in [-0.4, -0.2) is 0 Å². The summed E-state index contributed by atoms with van der Waals surface area (Å²) < 4.78 is 6.02. The molecular formula is C43H30O. The topological polar surface area (TPSA) is 13.1 Å². The molecule has 0 saturated heterocycles. The van der Waals surface area contributed by atoms with Crippen LogP contribution >= 0.6 is 0 Å². The van der Waals surface area contributed by atoms with Gasteiger partial charge in [-0.15, -0.1) is 0 Å². The summed E-state index contributed by atoms with van der Waals surface area (Å²) in [4.78, 5) is 0. The molecule has 0 spiro atoms. The van der Waals surface area contributed by atoms with E-state index in [0.29, 0.717) is 0 Å². The molecule has 7 aromatic carbocycles. The zero-order chi connectivity index (χ0) is 29.6. The first-order valence-electron chi connectivity index (χ1n) is 15.1. The number of aryl methyl sites for hydroxylation is 1. The van der Waals surface area contributed by atoms with Gasteiger partial charge in [0.05, 0.1) is 0 Å². The molecule has 0 amide bonds. The Bertz CT molecular complexity index is 2340. The normalized spacial score (nSPS) is 11.8. The third-order valence-corrected chi connectivity index (χ3v) is 8.79. The predicted octanol–water partition coefficient (Wildman–Crippen LogP) is 12.4. The molecule has 8 rings (SSSR count). The van der Waals surface area contributed by atoms with Crippen molar-refractivity contribution < 1.29 is 4.42 Å². The molecule has 0 aliphatic heterocycles. The summed E-state index contributed by atoms with van der Waals surface area (Å²) in [7, 11) is 0. The Labute approximate surface area is 257 Å². The zero-order valence-corrected chi connectivity index (χ0v) is 24.5. The number of rotatable bonds is 5. The van der Waals surface area contributed by atoms with Crippen LogP contribution in [0.2, 0.25) is 0 Å². The van der Waals surface area contributed by atoms with Gasteiger partial charge in [0.25, 0.3) is 0 Å². The van der Waals surface area contributed by atoms with E-state index >= 15 is 0 Å². The molecule has 0 saturated carbocycles. The van der Waals surface area contributed by atoms with Gasteiger partial charge in [-0.1, -0.05) is 140 Å². The zero-order valence-electron chi connectivity index (χ0n) is 24.5. The maximum absolute atomic E-state index is 6.02. The summed E-state index contributed by atoms with van der Waals surface area (Å²) in [5.74, 6) is 0.913. The van der Waals surface area contributed by atoms with Crippen LogP contribution in [0.3, 0.4) is 0 Å². The third-order valence-electron chi connectivity index (χ3n) is 8.79. The quantitative estimate of drug-likeness (QED) is 0.150. The van der Waals surface area contributed by atoms with Gasteiger partial charge >= 0.3 is 0 Å². The molecule has 208 valence electrons. The van der Waals surface area contributed by atoms with Crippen LogP contribution in [0.5, 0.6) is 0 Å². The van der Waals surface area contributed by atoms with Gasteiger partial charge in [0.15, 0.2) is 0 Å². The van der Waals surface area contributed by atoms with Gasteiger partial charge < -0.3 is 4.42 Å². The largest absolute Gasteiger partial charge is 0.461 e. The van der Waals surface area contributed by atoms with Gasteiger partial charge in [-0.25, -0.2) is 0 Å². The Balaban J connectivity index is 1.29. The van der Waals surface area contributed by atoms with Crippen molar-refractivity contribution in [3.63, 3.8) is 0 Å². The van der Waals surface area contributed by atoms with Crippen molar-refractivity contribution in [2.75, 3.05) is 0 Å². The Morgan fingerprint density at radius 3 is 1.70 bits per heavy atom. The number of hydrogen-bond acceptors (Lipinski definition) is 1. The molecule has 8 aromatic rings. The molecular weight excluding hydrogens is 532 g/mol. The van der Waals surface area contributed by atoms with Crippen LogP contribution in [0.15, 0.2) is 157 Å². The highest BCUT2D eigenvalue weighted by Gasteiger charge is 2.17.